The molecule has 1 aromatic rings. The quantitative estimate of drug-likeness (QED) is 0.715. The van der Waals surface area contributed by atoms with Gasteiger partial charge in [-0.15, -0.1) is 0 Å². The number of piperazine rings is 1. The predicted octanol–water partition coefficient (Wildman–Crippen LogP) is 2.96. The van der Waals surface area contributed by atoms with Crippen LogP contribution in [0, 0.1) is 0 Å². The van der Waals surface area contributed by atoms with E-state index in [2.05, 4.69) is 26.9 Å². The molecule has 0 bridgehead atoms. The number of pyridine rings is 1. The van der Waals surface area contributed by atoms with Gasteiger partial charge < -0.3 is 5.32 Å². The van der Waals surface area contributed by atoms with Crippen LogP contribution >= 0.6 is 11.6 Å². The van der Waals surface area contributed by atoms with Crippen LogP contribution in [0.1, 0.15) is 33.3 Å². The van der Waals surface area contributed by atoms with Crippen LogP contribution in [0.3, 0.4) is 0 Å². The van der Waals surface area contributed by atoms with Gasteiger partial charge in [0.1, 0.15) is 10.2 Å². The smallest absolute Gasteiger partial charge is 0.295 e. The number of amidine groups is 2. The van der Waals surface area contributed by atoms with Crippen LogP contribution in [0.5, 0.6) is 0 Å². The van der Waals surface area contributed by atoms with Crippen LogP contribution in [0.15, 0.2) is 56.8 Å². The van der Waals surface area contributed by atoms with E-state index in [0.29, 0.717) is 22.3 Å². The van der Waals surface area contributed by atoms with E-state index < -0.39 is 10.8 Å². The zero-order valence-electron chi connectivity index (χ0n) is 16.4. The number of aromatic nitrogens is 1. The lowest BCUT2D eigenvalue weighted by Gasteiger charge is -2.34. The molecule has 0 saturated carbocycles. The molecule has 0 aliphatic carbocycles. The third kappa shape index (κ3) is 5.14. The molecule has 2 rings (SSSR count). The van der Waals surface area contributed by atoms with E-state index in [9.17, 15) is 9.00 Å². The minimum atomic E-state index is -1.10. The maximum atomic E-state index is 12.9. The molecule has 1 aliphatic rings. The summed E-state index contributed by atoms with van der Waals surface area (Å²) in [7, 11) is -1.10. The highest BCUT2D eigenvalue weighted by Crippen LogP contribution is 2.17. The first-order valence-electron chi connectivity index (χ1n) is 8.86. The Labute approximate surface area is 172 Å². The van der Waals surface area contributed by atoms with E-state index in [1.165, 1.54) is 4.90 Å². The first-order valence-corrected chi connectivity index (χ1v) is 10.6. The molecular weight excluding hydrogens is 398 g/mol. The van der Waals surface area contributed by atoms with E-state index in [1.807, 2.05) is 33.8 Å². The average molecular weight is 422 g/mol. The Balaban J connectivity index is 2.29. The third-order valence-electron chi connectivity index (χ3n) is 3.89. The van der Waals surface area contributed by atoms with Gasteiger partial charge in [-0.1, -0.05) is 37.2 Å². The fraction of sp³-hybridized carbons (Fsp3) is 0.368. The number of nitrogens with one attached hydrogen (secondary N) is 1. The molecule has 1 atom stereocenters. The van der Waals surface area contributed by atoms with Gasteiger partial charge in [-0.2, -0.15) is 0 Å². The minimum absolute atomic E-state index is 0.0885. The molecule has 9 heteroatoms. The number of nitrogens with zero attached hydrogens (tertiary/aromatic N) is 4. The Bertz CT molecular complexity index is 875. The van der Waals surface area contributed by atoms with E-state index in [0.717, 1.165) is 5.56 Å². The van der Waals surface area contributed by atoms with Crippen molar-refractivity contribution in [3.63, 3.8) is 0 Å². The van der Waals surface area contributed by atoms with Crippen LogP contribution in [-0.4, -0.2) is 43.5 Å². The number of carbonyl (C=O) groups is 1. The van der Waals surface area contributed by atoms with Crippen molar-refractivity contribution >= 4 is 40.0 Å². The lowest BCUT2D eigenvalue weighted by Crippen LogP contribution is -2.56. The summed E-state index contributed by atoms with van der Waals surface area (Å²) in [5.74, 6) is 0.841. The Morgan fingerprint density at radius 2 is 2.18 bits per heavy atom. The van der Waals surface area contributed by atoms with Crippen LogP contribution in [0.4, 0.5) is 0 Å². The summed E-state index contributed by atoms with van der Waals surface area (Å²) in [6.07, 6.45) is 3.42. The maximum absolute atomic E-state index is 12.9. The monoisotopic (exact) mass is 421 g/mol. The van der Waals surface area contributed by atoms with Crippen molar-refractivity contribution in [2.75, 3.05) is 5.75 Å². The predicted molar refractivity (Wildman–Crippen MR) is 114 cm³/mol. The first-order chi connectivity index (χ1) is 13.3. The number of carbonyl (C=O) groups excluding carboxylic acids is 1. The summed E-state index contributed by atoms with van der Waals surface area (Å²) in [5, 5.41) is 3.65. The van der Waals surface area contributed by atoms with Crippen molar-refractivity contribution < 1.29 is 9.00 Å². The standard InChI is InChI=1S/C19H24ClN5O2S/c1-6-15-18(23-13(5)20)25(12(3)4)19(26)17(24-15)22-11-14-8-9-16(21-10-14)28(27)7-2/h6,8-10,12H,5,7,11H2,1-4H3,(H,22,24)/b15-6+,23-18?. The highest BCUT2D eigenvalue weighted by molar-refractivity contribution is 7.84. The summed E-state index contributed by atoms with van der Waals surface area (Å²) >= 11 is 5.84. The molecule has 1 N–H and O–H groups in total. The molecule has 1 amide bonds. The van der Waals surface area contributed by atoms with Crippen molar-refractivity contribution in [3.8, 4) is 0 Å². The average Bonchev–Trinajstić information content (AvgIpc) is 2.66. The fourth-order valence-corrected chi connectivity index (χ4v) is 3.32. The van der Waals surface area contributed by atoms with Gasteiger partial charge in [0.15, 0.2) is 11.7 Å². The zero-order chi connectivity index (χ0) is 20.8. The molecule has 7 nitrogen and oxygen atoms in total. The molecule has 0 aromatic carbocycles. The summed E-state index contributed by atoms with van der Waals surface area (Å²) in [6.45, 7) is 11.3. The number of hydrogen-bond acceptors (Lipinski definition) is 5. The van der Waals surface area contributed by atoms with Crippen LogP contribution in [0.2, 0.25) is 0 Å². The zero-order valence-corrected chi connectivity index (χ0v) is 18.0. The number of halogens is 1. The van der Waals surface area contributed by atoms with Gasteiger partial charge in [0.2, 0.25) is 0 Å². The summed E-state index contributed by atoms with van der Waals surface area (Å²) < 4.78 is 11.8. The van der Waals surface area contributed by atoms with Crippen molar-refractivity contribution in [3.05, 3.63) is 47.4 Å². The van der Waals surface area contributed by atoms with Crippen LogP contribution < -0.4 is 5.32 Å². The van der Waals surface area contributed by atoms with Crippen molar-refractivity contribution in [1.82, 2.24) is 15.2 Å². The summed E-state index contributed by atoms with van der Waals surface area (Å²) in [6, 6.07) is 3.39. The topological polar surface area (TPSA) is 87.0 Å². The Morgan fingerprint density at radius 3 is 2.68 bits per heavy atom. The second-order valence-corrected chi connectivity index (χ2v) is 8.33. The molecule has 150 valence electrons. The van der Waals surface area contributed by atoms with Gasteiger partial charge in [-0.25, -0.2) is 9.98 Å². The van der Waals surface area contributed by atoms with Gasteiger partial charge in [0.25, 0.3) is 5.91 Å². The Morgan fingerprint density at radius 1 is 1.46 bits per heavy atom. The molecule has 1 fully saturated rings. The SMILES string of the molecule is C=C(Cl)N=C1/C(=C\C)NC(=NCc2ccc(S(=O)CC)nc2)C(=O)N1C(C)C. The van der Waals surface area contributed by atoms with E-state index in [4.69, 9.17) is 11.6 Å². The van der Waals surface area contributed by atoms with E-state index >= 15 is 0 Å². The lowest BCUT2D eigenvalue weighted by atomic mass is 10.2. The molecule has 1 aromatic heterocycles. The molecule has 1 saturated heterocycles. The normalized spacial score (nSPS) is 20.1. The van der Waals surface area contributed by atoms with E-state index in [-0.39, 0.29) is 29.5 Å². The third-order valence-corrected chi connectivity index (χ3v) is 5.21. The van der Waals surface area contributed by atoms with Crippen molar-refractivity contribution in [2.45, 2.75) is 45.3 Å². The highest BCUT2D eigenvalue weighted by Gasteiger charge is 2.34. The van der Waals surface area contributed by atoms with Gasteiger partial charge in [-0.3, -0.25) is 18.9 Å². The summed E-state index contributed by atoms with van der Waals surface area (Å²) in [4.78, 5) is 27.3. The molecule has 1 unspecified atom stereocenters. The summed E-state index contributed by atoms with van der Waals surface area (Å²) in [5.41, 5.74) is 1.44. The molecule has 0 radical (unpaired) electrons. The number of hydrogen-bond donors (Lipinski definition) is 1. The first kappa shape index (κ1) is 22.0. The largest absolute Gasteiger partial charge is 0.333 e. The van der Waals surface area contributed by atoms with Gasteiger partial charge in [0, 0.05) is 18.0 Å². The maximum Gasteiger partial charge on any atom is 0.295 e. The lowest BCUT2D eigenvalue weighted by molar-refractivity contribution is -0.122. The van der Waals surface area contributed by atoms with Gasteiger partial charge in [-0.05, 0) is 32.4 Å². The fourth-order valence-electron chi connectivity index (χ4n) is 2.55. The van der Waals surface area contributed by atoms with E-state index in [1.54, 1.807) is 18.3 Å². The van der Waals surface area contributed by atoms with Crippen LogP contribution in [-0.2, 0) is 22.1 Å². The molecule has 0 spiro atoms. The van der Waals surface area contributed by atoms with Crippen LogP contribution in [0.25, 0.3) is 0 Å². The number of amides is 1. The second kappa shape index (κ2) is 9.75. The Hall–Kier alpha value is -2.32. The number of aliphatic imine (C=N–C) groups is 2. The van der Waals surface area contributed by atoms with Gasteiger partial charge in [0.05, 0.1) is 23.0 Å². The van der Waals surface area contributed by atoms with Gasteiger partial charge >= 0.3 is 0 Å². The minimum Gasteiger partial charge on any atom is -0.333 e. The number of allylic oxidation sites excluding steroid dienone is 1. The molecule has 1 aliphatic heterocycles. The number of rotatable bonds is 6. The molecule has 28 heavy (non-hydrogen) atoms. The molecule has 2 heterocycles. The van der Waals surface area contributed by atoms with Crippen molar-refractivity contribution in [1.29, 1.82) is 0 Å². The second-order valence-electron chi connectivity index (χ2n) is 6.21. The highest BCUT2D eigenvalue weighted by atomic mass is 35.5. The Kier molecular flexibility index (Phi) is 7.65. The van der Waals surface area contributed by atoms with Crippen molar-refractivity contribution in [2.24, 2.45) is 9.98 Å². The molecular formula is C19H24ClN5O2S.